The number of rotatable bonds is 6. The number of amides is 1. The summed E-state index contributed by atoms with van der Waals surface area (Å²) in [5.74, 6) is -1.58. The summed E-state index contributed by atoms with van der Waals surface area (Å²) in [5, 5.41) is 12.6. The third kappa shape index (κ3) is 3.29. The maximum absolute atomic E-state index is 12.7. The number of carbonyl (C=O) groups excluding carboxylic acids is 2. The van der Waals surface area contributed by atoms with Crippen molar-refractivity contribution >= 4 is 28.8 Å². The van der Waals surface area contributed by atoms with Crippen molar-refractivity contribution in [3.05, 3.63) is 63.9 Å². The predicted octanol–water partition coefficient (Wildman–Crippen LogP) is 2.79. The predicted molar refractivity (Wildman–Crippen MR) is 97.6 cm³/mol. The smallest absolute Gasteiger partial charge is 0.295 e. The SMILES string of the molecule is COC(CN1C(=O)C(=O)C(=C(O)c2ccccc2)[C@H]1c1cccs1)OC. The van der Waals surface area contributed by atoms with Crippen molar-refractivity contribution in [2.75, 3.05) is 20.8 Å². The fourth-order valence-electron chi connectivity index (χ4n) is 2.97. The van der Waals surface area contributed by atoms with E-state index in [1.807, 2.05) is 23.6 Å². The van der Waals surface area contributed by atoms with E-state index >= 15 is 0 Å². The van der Waals surface area contributed by atoms with Crippen LogP contribution in [0.25, 0.3) is 5.76 Å². The summed E-state index contributed by atoms with van der Waals surface area (Å²) in [5.41, 5.74) is 0.566. The lowest BCUT2D eigenvalue weighted by molar-refractivity contribution is -0.149. The number of hydrogen-bond acceptors (Lipinski definition) is 6. The molecule has 6 nitrogen and oxygen atoms in total. The van der Waals surface area contributed by atoms with Gasteiger partial charge in [0.1, 0.15) is 5.76 Å². The summed E-state index contributed by atoms with van der Waals surface area (Å²) in [6.07, 6.45) is -0.674. The molecule has 3 rings (SSSR count). The topological polar surface area (TPSA) is 76.1 Å². The van der Waals surface area contributed by atoms with E-state index in [4.69, 9.17) is 9.47 Å². The number of Topliss-reactive ketones (excluding diaryl/α,β-unsaturated/α-hetero) is 1. The normalized spacial score (nSPS) is 19.5. The van der Waals surface area contributed by atoms with Crippen molar-refractivity contribution in [2.45, 2.75) is 12.3 Å². The highest BCUT2D eigenvalue weighted by molar-refractivity contribution is 7.10. The largest absolute Gasteiger partial charge is 0.507 e. The fraction of sp³-hybridized carbons (Fsp3) is 0.263. The lowest BCUT2D eigenvalue weighted by Crippen LogP contribution is -2.37. The zero-order valence-electron chi connectivity index (χ0n) is 14.4. The third-order valence-electron chi connectivity index (χ3n) is 4.27. The van der Waals surface area contributed by atoms with Crippen LogP contribution >= 0.6 is 11.3 Å². The van der Waals surface area contributed by atoms with Gasteiger partial charge in [0.05, 0.1) is 18.2 Å². The molecule has 2 aromatic rings. The molecular weight excluding hydrogens is 354 g/mol. The van der Waals surface area contributed by atoms with E-state index in [2.05, 4.69) is 0 Å². The number of benzene rings is 1. The quantitative estimate of drug-likeness (QED) is 0.365. The Balaban J connectivity index is 2.11. The average molecular weight is 373 g/mol. The van der Waals surface area contributed by atoms with Gasteiger partial charge in [-0.3, -0.25) is 9.59 Å². The van der Waals surface area contributed by atoms with Crippen LogP contribution in [0.4, 0.5) is 0 Å². The second-order valence-electron chi connectivity index (χ2n) is 5.73. The lowest BCUT2D eigenvalue weighted by atomic mass is 10.00. The maximum Gasteiger partial charge on any atom is 0.295 e. The summed E-state index contributed by atoms with van der Waals surface area (Å²) in [6.45, 7) is 0.0751. The molecule has 2 heterocycles. The van der Waals surface area contributed by atoms with Gasteiger partial charge in [-0.05, 0) is 11.4 Å². The van der Waals surface area contributed by atoms with Gasteiger partial charge in [-0.2, -0.15) is 0 Å². The van der Waals surface area contributed by atoms with E-state index in [-0.39, 0.29) is 17.9 Å². The van der Waals surface area contributed by atoms with Crippen molar-refractivity contribution < 1.29 is 24.2 Å². The second-order valence-corrected chi connectivity index (χ2v) is 6.71. The minimum Gasteiger partial charge on any atom is -0.507 e. The molecule has 0 saturated carbocycles. The van der Waals surface area contributed by atoms with Gasteiger partial charge in [0.2, 0.25) is 0 Å². The Labute approximate surface area is 155 Å². The van der Waals surface area contributed by atoms with E-state index in [0.29, 0.717) is 5.56 Å². The Kier molecular flexibility index (Phi) is 5.51. The molecule has 1 saturated heterocycles. The summed E-state index contributed by atoms with van der Waals surface area (Å²) < 4.78 is 10.4. The van der Waals surface area contributed by atoms with Gasteiger partial charge in [0.15, 0.2) is 6.29 Å². The number of aliphatic hydroxyl groups excluding tert-OH is 1. The van der Waals surface area contributed by atoms with Crippen LogP contribution < -0.4 is 0 Å². The Bertz CT molecular complexity index is 812. The number of nitrogens with zero attached hydrogens (tertiary/aromatic N) is 1. The number of likely N-dealkylation sites (tertiary alicyclic amines) is 1. The van der Waals surface area contributed by atoms with Crippen LogP contribution in [0.3, 0.4) is 0 Å². The number of hydrogen-bond donors (Lipinski definition) is 1. The monoisotopic (exact) mass is 373 g/mol. The number of methoxy groups -OCH3 is 2. The van der Waals surface area contributed by atoms with E-state index in [9.17, 15) is 14.7 Å². The molecule has 0 unspecified atom stereocenters. The van der Waals surface area contributed by atoms with Gasteiger partial charge in [-0.15, -0.1) is 11.3 Å². The van der Waals surface area contributed by atoms with E-state index in [0.717, 1.165) is 4.88 Å². The zero-order valence-corrected chi connectivity index (χ0v) is 15.2. The van der Waals surface area contributed by atoms with Crippen LogP contribution in [0.2, 0.25) is 0 Å². The summed E-state index contributed by atoms with van der Waals surface area (Å²) in [6, 6.07) is 11.7. The van der Waals surface area contributed by atoms with Crippen LogP contribution in [-0.4, -0.2) is 48.8 Å². The highest BCUT2D eigenvalue weighted by atomic mass is 32.1. The molecule has 7 heteroatoms. The minimum absolute atomic E-state index is 0.0751. The number of thiophene rings is 1. The first kappa shape index (κ1) is 18.3. The molecule has 0 radical (unpaired) electrons. The average Bonchev–Trinajstić information content (AvgIpc) is 3.28. The van der Waals surface area contributed by atoms with Crippen molar-refractivity contribution in [3.63, 3.8) is 0 Å². The van der Waals surface area contributed by atoms with Crippen LogP contribution in [0, 0.1) is 0 Å². The summed E-state index contributed by atoms with van der Waals surface area (Å²) in [7, 11) is 2.93. The molecule has 1 aliphatic heterocycles. The van der Waals surface area contributed by atoms with Crippen molar-refractivity contribution in [2.24, 2.45) is 0 Å². The number of ether oxygens (including phenoxy) is 2. The molecule has 1 aromatic heterocycles. The zero-order chi connectivity index (χ0) is 18.7. The lowest BCUT2D eigenvalue weighted by Gasteiger charge is -2.27. The summed E-state index contributed by atoms with van der Waals surface area (Å²) >= 11 is 1.41. The van der Waals surface area contributed by atoms with Gasteiger partial charge in [0.25, 0.3) is 11.7 Å². The van der Waals surface area contributed by atoms with Crippen molar-refractivity contribution in [3.8, 4) is 0 Å². The van der Waals surface area contributed by atoms with Gasteiger partial charge in [-0.1, -0.05) is 36.4 Å². The fourth-order valence-corrected chi connectivity index (χ4v) is 3.81. The van der Waals surface area contributed by atoms with E-state index in [1.54, 1.807) is 24.3 Å². The van der Waals surface area contributed by atoms with Gasteiger partial charge in [0, 0.05) is 24.7 Å². The Morgan fingerprint density at radius 1 is 1.15 bits per heavy atom. The van der Waals surface area contributed by atoms with Crippen LogP contribution in [0.1, 0.15) is 16.5 Å². The first-order chi connectivity index (χ1) is 12.6. The number of aliphatic hydroxyl groups is 1. The van der Waals surface area contributed by atoms with Crippen LogP contribution in [0.5, 0.6) is 0 Å². The van der Waals surface area contributed by atoms with E-state index < -0.39 is 24.0 Å². The number of carbonyl (C=O) groups is 2. The Morgan fingerprint density at radius 3 is 2.42 bits per heavy atom. The van der Waals surface area contributed by atoms with Crippen molar-refractivity contribution in [1.29, 1.82) is 0 Å². The molecule has 26 heavy (non-hydrogen) atoms. The molecule has 136 valence electrons. The number of ketones is 1. The highest BCUT2D eigenvalue weighted by Gasteiger charge is 2.47. The first-order valence-electron chi connectivity index (χ1n) is 8.01. The summed E-state index contributed by atoms with van der Waals surface area (Å²) in [4.78, 5) is 27.5. The second kappa shape index (κ2) is 7.82. The van der Waals surface area contributed by atoms with Crippen molar-refractivity contribution in [1.82, 2.24) is 4.90 Å². The van der Waals surface area contributed by atoms with Gasteiger partial charge in [-0.25, -0.2) is 0 Å². The minimum atomic E-state index is -0.712. The Hall–Kier alpha value is -2.48. The Morgan fingerprint density at radius 2 is 1.85 bits per heavy atom. The molecule has 1 N–H and O–H groups in total. The highest BCUT2D eigenvalue weighted by Crippen LogP contribution is 2.41. The molecule has 1 aliphatic rings. The first-order valence-corrected chi connectivity index (χ1v) is 8.89. The van der Waals surface area contributed by atoms with Gasteiger partial charge < -0.3 is 19.5 Å². The van der Waals surface area contributed by atoms with Crippen LogP contribution in [0.15, 0.2) is 53.4 Å². The molecular formula is C19H19NO5S. The molecule has 0 aliphatic carbocycles. The van der Waals surface area contributed by atoms with Crippen LogP contribution in [-0.2, 0) is 19.1 Å². The third-order valence-corrected chi connectivity index (χ3v) is 5.20. The molecule has 1 fully saturated rings. The van der Waals surface area contributed by atoms with Gasteiger partial charge >= 0.3 is 0 Å². The molecule has 0 spiro atoms. The maximum atomic E-state index is 12.7. The standard InChI is InChI=1S/C19H19NO5S/c1-24-14(25-2)11-20-16(13-9-6-10-26-13)15(18(22)19(20)23)17(21)12-7-4-3-5-8-12/h3-10,14,16,21H,11H2,1-2H3/t16-/m1/s1. The molecule has 1 aromatic carbocycles. The van der Waals surface area contributed by atoms with E-state index in [1.165, 1.54) is 30.5 Å². The molecule has 1 atom stereocenters. The molecule has 1 amide bonds. The molecule has 0 bridgehead atoms.